The van der Waals surface area contributed by atoms with Gasteiger partial charge in [0.1, 0.15) is 0 Å². The lowest BCUT2D eigenvalue weighted by Gasteiger charge is -2.55. The Hall–Kier alpha value is -1.84. The van der Waals surface area contributed by atoms with E-state index in [4.69, 9.17) is 0 Å². The van der Waals surface area contributed by atoms with E-state index >= 15 is 0 Å². The third-order valence-electron chi connectivity index (χ3n) is 6.49. The van der Waals surface area contributed by atoms with E-state index in [1.165, 1.54) is 19.3 Å². The average molecular weight is 327 g/mol. The molecule has 1 unspecified atom stereocenters. The first kappa shape index (κ1) is 15.7. The molecule has 1 aromatic rings. The van der Waals surface area contributed by atoms with E-state index in [0.29, 0.717) is 17.8 Å². The number of carbonyl (C=O) groups is 2. The van der Waals surface area contributed by atoms with Gasteiger partial charge in [0, 0.05) is 12.0 Å². The molecule has 4 aliphatic carbocycles. The molecular weight excluding hydrogens is 302 g/mol. The van der Waals surface area contributed by atoms with Gasteiger partial charge in [-0.25, -0.2) is 0 Å². The number of rotatable bonds is 5. The van der Waals surface area contributed by atoms with Crippen molar-refractivity contribution in [3.05, 3.63) is 35.9 Å². The SMILES string of the molecule is O=C(O)C(CNC(=O)C12CC3CC(CC(C3)C1)C2)c1ccccc1. The Balaban J connectivity index is 1.45. The summed E-state index contributed by atoms with van der Waals surface area (Å²) in [5.74, 6) is 0.684. The minimum Gasteiger partial charge on any atom is -0.481 e. The molecule has 0 radical (unpaired) electrons. The van der Waals surface area contributed by atoms with Crippen molar-refractivity contribution in [2.45, 2.75) is 44.4 Å². The van der Waals surface area contributed by atoms with Gasteiger partial charge in [-0.2, -0.15) is 0 Å². The van der Waals surface area contributed by atoms with E-state index in [0.717, 1.165) is 24.8 Å². The number of hydrogen-bond acceptors (Lipinski definition) is 2. The van der Waals surface area contributed by atoms with E-state index in [-0.39, 0.29) is 17.9 Å². The summed E-state index contributed by atoms with van der Waals surface area (Å²) >= 11 is 0. The van der Waals surface area contributed by atoms with Crippen LogP contribution in [0.3, 0.4) is 0 Å². The normalized spacial score (nSPS) is 34.8. The zero-order valence-electron chi connectivity index (χ0n) is 13.9. The zero-order valence-corrected chi connectivity index (χ0v) is 13.9. The highest BCUT2D eigenvalue weighted by Gasteiger charge is 2.54. The van der Waals surface area contributed by atoms with Gasteiger partial charge >= 0.3 is 5.97 Å². The number of carbonyl (C=O) groups excluding carboxylic acids is 1. The topological polar surface area (TPSA) is 66.4 Å². The molecule has 0 heterocycles. The number of amides is 1. The van der Waals surface area contributed by atoms with E-state index in [9.17, 15) is 14.7 Å². The molecule has 1 atom stereocenters. The molecule has 4 heteroatoms. The van der Waals surface area contributed by atoms with Crippen LogP contribution >= 0.6 is 0 Å². The van der Waals surface area contributed by atoms with Crippen LogP contribution < -0.4 is 5.32 Å². The van der Waals surface area contributed by atoms with Crippen LogP contribution in [0.2, 0.25) is 0 Å². The molecule has 4 nitrogen and oxygen atoms in total. The highest BCUT2D eigenvalue weighted by atomic mass is 16.4. The smallest absolute Gasteiger partial charge is 0.312 e. The van der Waals surface area contributed by atoms with E-state index < -0.39 is 11.9 Å². The van der Waals surface area contributed by atoms with Crippen LogP contribution in [-0.4, -0.2) is 23.5 Å². The second kappa shape index (κ2) is 5.91. The summed E-state index contributed by atoms with van der Waals surface area (Å²) < 4.78 is 0. The summed E-state index contributed by atoms with van der Waals surface area (Å²) in [7, 11) is 0. The highest BCUT2D eigenvalue weighted by molar-refractivity contribution is 5.84. The predicted molar refractivity (Wildman–Crippen MR) is 90.4 cm³/mol. The predicted octanol–water partition coefficient (Wildman–Crippen LogP) is 3.19. The van der Waals surface area contributed by atoms with E-state index in [1.54, 1.807) is 0 Å². The van der Waals surface area contributed by atoms with Gasteiger partial charge in [0.05, 0.1) is 5.92 Å². The summed E-state index contributed by atoms with van der Waals surface area (Å²) in [6.45, 7) is 0.180. The van der Waals surface area contributed by atoms with Gasteiger partial charge in [0.15, 0.2) is 0 Å². The molecule has 2 N–H and O–H groups in total. The summed E-state index contributed by atoms with van der Waals surface area (Å²) in [6.07, 6.45) is 6.92. The van der Waals surface area contributed by atoms with Gasteiger partial charge in [-0.05, 0) is 61.8 Å². The first-order valence-electron chi connectivity index (χ1n) is 9.12. The van der Waals surface area contributed by atoms with Crippen LogP contribution in [-0.2, 0) is 9.59 Å². The van der Waals surface area contributed by atoms with Crippen molar-refractivity contribution in [3.8, 4) is 0 Å². The fourth-order valence-corrected chi connectivity index (χ4v) is 5.80. The van der Waals surface area contributed by atoms with Crippen molar-refractivity contribution in [1.29, 1.82) is 0 Å². The van der Waals surface area contributed by atoms with Crippen LogP contribution in [0.15, 0.2) is 30.3 Å². The van der Waals surface area contributed by atoms with Crippen molar-refractivity contribution in [2.24, 2.45) is 23.2 Å². The van der Waals surface area contributed by atoms with Crippen LogP contribution in [0.1, 0.15) is 50.0 Å². The van der Waals surface area contributed by atoms with E-state index in [2.05, 4.69) is 5.32 Å². The van der Waals surface area contributed by atoms with Crippen molar-refractivity contribution < 1.29 is 14.7 Å². The zero-order chi connectivity index (χ0) is 16.7. The van der Waals surface area contributed by atoms with Gasteiger partial charge in [-0.3, -0.25) is 9.59 Å². The Labute approximate surface area is 142 Å². The standard InChI is InChI=1S/C20H25NO3/c22-18(23)17(16-4-2-1-3-5-16)12-21-19(24)20-9-13-6-14(10-20)8-15(7-13)11-20/h1-5,13-15,17H,6-12H2,(H,21,24)(H,22,23). The quantitative estimate of drug-likeness (QED) is 0.873. The molecule has 24 heavy (non-hydrogen) atoms. The Kier molecular flexibility index (Phi) is 3.86. The van der Waals surface area contributed by atoms with Crippen molar-refractivity contribution in [2.75, 3.05) is 6.54 Å². The molecule has 0 saturated heterocycles. The van der Waals surface area contributed by atoms with Crippen molar-refractivity contribution >= 4 is 11.9 Å². The molecule has 4 fully saturated rings. The second-order valence-corrected chi connectivity index (χ2v) is 8.21. The van der Waals surface area contributed by atoms with Gasteiger partial charge in [0.25, 0.3) is 0 Å². The third kappa shape index (κ3) is 2.72. The molecule has 4 saturated carbocycles. The van der Waals surface area contributed by atoms with Crippen molar-refractivity contribution in [1.82, 2.24) is 5.32 Å². The molecule has 5 rings (SSSR count). The first-order valence-corrected chi connectivity index (χ1v) is 9.12. The summed E-state index contributed by atoms with van der Waals surface area (Å²) in [4.78, 5) is 24.6. The fourth-order valence-electron chi connectivity index (χ4n) is 5.80. The molecule has 1 aromatic carbocycles. The Morgan fingerprint density at radius 3 is 2.08 bits per heavy atom. The molecule has 4 aliphatic rings. The van der Waals surface area contributed by atoms with Crippen LogP contribution in [0, 0.1) is 23.2 Å². The summed E-state index contributed by atoms with van der Waals surface area (Å²) in [5.41, 5.74) is 0.532. The number of hydrogen-bond donors (Lipinski definition) is 2. The van der Waals surface area contributed by atoms with Crippen LogP contribution in [0.5, 0.6) is 0 Å². The molecule has 1 amide bonds. The molecule has 4 bridgehead atoms. The molecule has 0 spiro atoms. The largest absolute Gasteiger partial charge is 0.481 e. The fraction of sp³-hybridized carbons (Fsp3) is 0.600. The third-order valence-corrected chi connectivity index (χ3v) is 6.49. The second-order valence-electron chi connectivity index (χ2n) is 8.21. The monoisotopic (exact) mass is 327 g/mol. The lowest BCUT2D eigenvalue weighted by molar-refractivity contribution is -0.146. The summed E-state index contributed by atoms with van der Waals surface area (Å²) in [6, 6.07) is 9.18. The number of benzene rings is 1. The lowest BCUT2D eigenvalue weighted by Crippen LogP contribution is -2.54. The summed E-state index contributed by atoms with van der Waals surface area (Å²) in [5, 5.41) is 12.5. The van der Waals surface area contributed by atoms with E-state index in [1.807, 2.05) is 30.3 Å². The highest BCUT2D eigenvalue weighted by Crippen LogP contribution is 2.60. The molecule has 128 valence electrons. The maximum atomic E-state index is 13.0. The average Bonchev–Trinajstić information content (AvgIpc) is 2.54. The minimum atomic E-state index is -0.882. The molecule has 0 aromatic heterocycles. The number of aliphatic carboxylic acids is 1. The van der Waals surface area contributed by atoms with Gasteiger partial charge in [-0.1, -0.05) is 30.3 Å². The van der Waals surface area contributed by atoms with Crippen LogP contribution in [0.25, 0.3) is 0 Å². The Morgan fingerprint density at radius 1 is 1.04 bits per heavy atom. The number of carboxylic acid groups (broad SMARTS) is 1. The van der Waals surface area contributed by atoms with Crippen molar-refractivity contribution in [3.63, 3.8) is 0 Å². The Morgan fingerprint density at radius 2 is 1.58 bits per heavy atom. The number of carboxylic acids is 1. The molecular formula is C20H25NO3. The van der Waals surface area contributed by atoms with Gasteiger partial charge in [0.2, 0.25) is 5.91 Å². The van der Waals surface area contributed by atoms with Gasteiger partial charge in [-0.15, -0.1) is 0 Å². The van der Waals surface area contributed by atoms with Gasteiger partial charge < -0.3 is 10.4 Å². The number of nitrogens with one attached hydrogen (secondary N) is 1. The lowest BCUT2D eigenvalue weighted by atomic mass is 9.49. The minimum absolute atomic E-state index is 0.101. The molecule has 0 aliphatic heterocycles. The first-order chi connectivity index (χ1) is 11.6. The Bertz CT molecular complexity index is 604. The van der Waals surface area contributed by atoms with Crippen LogP contribution in [0.4, 0.5) is 0 Å². The maximum Gasteiger partial charge on any atom is 0.312 e. The maximum absolute atomic E-state index is 13.0.